The Morgan fingerprint density at radius 2 is 2.07 bits per heavy atom. The summed E-state index contributed by atoms with van der Waals surface area (Å²) < 4.78 is 39.7. The quantitative estimate of drug-likeness (QED) is 0.808. The van der Waals surface area contributed by atoms with Crippen molar-refractivity contribution in [1.82, 2.24) is 19.4 Å². The second-order valence-corrected chi connectivity index (χ2v) is 10.8. The molecule has 1 aromatic heterocycles. The zero-order chi connectivity index (χ0) is 20.8. The van der Waals surface area contributed by atoms with Crippen LogP contribution in [0.25, 0.3) is 11.3 Å². The predicted octanol–water partition coefficient (Wildman–Crippen LogP) is 2.75. The Morgan fingerprint density at radius 3 is 2.76 bits per heavy atom. The Bertz CT molecular complexity index is 1010. The first kappa shape index (κ1) is 20.5. The molecule has 0 radical (unpaired) electrons. The topological polar surface area (TPSA) is 69.3 Å². The van der Waals surface area contributed by atoms with Gasteiger partial charge in [0, 0.05) is 49.3 Å². The predicted molar refractivity (Wildman–Crippen MR) is 112 cm³/mol. The minimum Gasteiger partial charge on any atom is -0.298 e. The van der Waals surface area contributed by atoms with E-state index >= 15 is 0 Å². The molecule has 8 heteroatoms. The van der Waals surface area contributed by atoms with Crippen molar-refractivity contribution >= 4 is 10.0 Å². The van der Waals surface area contributed by atoms with Crippen LogP contribution in [0, 0.1) is 25.2 Å². The molecule has 0 saturated carbocycles. The Kier molecular flexibility index (Phi) is 5.29. The molecule has 1 N–H and O–H groups in total. The molecule has 2 aliphatic rings. The molecular weight excluding hydrogens is 391 g/mol. The van der Waals surface area contributed by atoms with E-state index in [0.29, 0.717) is 26.1 Å². The van der Waals surface area contributed by atoms with Gasteiger partial charge in [-0.1, -0.05) is 12.1 Å². The fraction of sp³-hybridized carbons (Fsp3) is 0.571. The number of aryl methyl sites for hydroxylation is 2. The molecule has 4 rings (SSSR count). The van der Waals surface area contributed by atoms with E-state index in [2.05, 4.69) is 47.1 Å². The summed E-state index contributed by atoms with van der Waals surface area (Å²) >= 11 is 0. The summed E-state index contributed by atoms with van der Waals surface area (Å²) in [6.45, 7) is 6.49. The lowest BCUT2D eigenvalue weighted by atomic mass is 9.75. The van der Waals surface area contributed by atoms with Crippen LogP contribution in [-0.2, 0) is 16.6 Å². The number of nitrogens with zero attached hydrogens (tertiary/aromatic N) is 3. The molecule has 2 aliphatic heterocycles. The summed E-state index contributed by atoms with van der Waals surface area (Å²) in [4.78, 5) is 2.26. The van der Waals surface area contributed by atoms with Gasteiger partial charge in [-0.05, 0) is 43.4 Å². The Labute approximate surface area is 172 Å². The number of benzene rings is 1. The number of hydrogen-bond acceptors (Lipinski definition) is 4. The van der Waals surface area contributed by atoms with E-state index in [4.69, 9.17) is 0 Å². The fourth-order valence-electron chi connectivity index (χ4n) is 4.87. The molecule has 2 saturated heterocycles. The molecule has 29 heavy (non-hydrogen) atoms. The average Bonchev–Trinajstić information content (AvgIpc) is 3.27. The molecule has 3 heterocycles. The number of alkyl halides is 1. The van der Waals surface area contributed by atoms with E-state index in [0.717, 1.165) is 23.4 Å². The van der Waals surface area contributed by atoms with Gasteiger partial charge in [0.15, 0.2) is 0 Å². The molecule has 1 aromatic carbocycles. The standard InChI is InChI=1S/C21H29FN4O2S/c1-15-4-5-17(8-16(15)2)20-18(9-23-24-20)10-25-11-19-6-7-26(29(3,27)28)14-21(19,12-22)13-25/h4-5,8-9,19H,6-7,10-14H2,1-3H3,(H,23,24)/t19-,21-/m0/s1. The van der Waals surface area contributed by atoms with Gasteiger partial charge in [0.25, 0.3) is 0 Å². The summed E-state index contributed by atoms with van der Waals surface area (Å²) in [5.74, 6) is 0.183. The van der Waals surface area contributed by atoms with Crippen LogP contribution in [0.2, 0.25) is 0 Å². The molecular formula is C21H29FN4O2S. The van der Waals surface area contributed by atoms with Crippen LogP contribution < -0.4 is 0 Å². The molecule has 0 amide bonds. The van der Waals surface area contributed by atoms with Crippen molar-refractivity contribution in [2.75, 3.05) is 39.1 Å². The van der Waals surface area contributed by atoms with Crippen molar-refractivity contribution in [3.63, 3.8) is 0 Å². The number of sulfonamides is 1. The number of aromatic amines is 1. The van der Waals surface area contributed by atoms with Gasteiger partial charge in [0.1, 0.15) is 0 Å². The molecule has 158 valence electrons. The van der Waals surface area contributed by atoms with Crippen molar-refractivity contribution in [3.05, 3.63) is 41.1 Å². The average molecular weight is 421 g/mol. The van der Waals surface area contributed by atoms with Crippen LogP contribution in [0.5, 0.6) is 0 Å². The highest BCUT2D eigenvalue weighted by molar-refractivity contribution is 7.88. The van der Waals surface area contributed by atoms with E-state index in [9.17, 15) is 12.8 Å². The van der Waals surface area contributed by atoms with Crippen molar-refractivity contribution in [3.8, 4) is 11.3 Å². The van der Waals surface area contributed by atoms with Gasteiger partial charge in [-0.15, -0.1) is 0 Å². The van der Waals surface area contributed by atoms with Crippen LogP contribution in [0.1, 0.15) is 23.1 Å². The van der Waals surface area contributed by atoms with Crippen molar-refractivity contribution in [1.29, 1.82) is 0 Å². The molecule has 2 atom stereocenters. The molecule has 0 bridgehead atoms. The first-order valence-corrected chi connectivity index (χ1v) is 11.9. The van der Waals surface area contributed by atoms with Gasteiger partial charge in [-0.25, -0.2) is 12.7 Å². The van der Waals surface area contributed by atoms with Crippen molar-refractivity contribution in [2.24, 2.45) is 11.3 Å². The second-order valence-electron chi connectivity index (χ2n) is 8.82. The zero-order valence-electron chi connectivity index (χ0n) is 17.3. The maximum atomic E-state index is 14.2. The summed E-state index contributed by atoms with van der Waals surface area (Å²) in [7, 11) is -3.30. The number of nitrogens with one attached hydrogen (secondary N) is 1. The summed E-state index contributed by atoms with van der Waals surface area (Å²) in [6.07, 6.45) is 3.77. The lowest BCUT2D eigenvalue weighted by Crippen LogP contribution is -2.51. The van der Waals surface area contributed by atoms with Crippen LogP contribution >= 0.6 is 0 Å². The highest BCUT2D eigenvalue weighted by Gasteiger charge is 2.51. The summed E-state index contributed by atoms with van der Waals surface area (Å²) in [6, 6.07) is 6.36. The Hall–Kier alpha value is -1.77. The zero-order valence-corrected chi connectivity index (χ0v) is 18.1. The van der Waals surface area contributed by atoms with Crippen LogP contribution in [0.4, 0.5) is 4.39 Å². The number of piperidine rings is 1. The molecule has 0 aliphatic carbocycles. The number of aromatic nitrogens is 2. The van der Waals surface area contributed by atoms with E-state index in [-0.39, 0.29) is 12.5 Å². The van der Waals surface area contributed by atoms with Crippen LogP contribution in [0.15, 0.2) is 24.4 Å². The maximum Gasteiger partial charge on any atom is 0.211 e. The first-order chi connectivity index (χ1) is 13.7. The fourth-order valence-corrected chi connectivity index (χ4v) is 5.80. The SMILES string of the molecule is Cc1ccc(-c2[nH]ncc2CN2C[C@@H]3CCN(S(C)(=O)=O)C[C@]3(CF)C2)cc1C. The van der Waals surface area contributed by atoms with E-state index in [1.54, 1.807) is 0 Å². The summed E-state index contributed by atoms with van der Waals surface area (Å²) in [5, 5.41) is 7.37. The number of fused-ring (bicyclic) bond motifs is 1. The van der Waals surface area contributed by atoms with E-state index in [1.165, 1.54) is 21.7 Å². The van der Waals surface area contributed by atoms with Gasteiger partial charge in [-0.2, -0.15) is 5.10 Å². The number of halogens is 1. The van der Waals surface area contributed by atoms with Crippen molar-refractivity contribution < 1.29 is 12.8 Å². The lowest BCUT2D eigenvalue weighted by molar-refractivity contribution is 0.0791. The third-order valence-corrected chi connectivity index (χ3v) is 7.99. The highest BCUT2D eigenvalue weighted by Crippen LogP contribution is 2.43. The molecule has 0 unspecified atom stereocenters. The molecule has 6 nitrogen and oxygen atoms in total. The Balaban J connectivity index is 1.54. The molecule has 2 aromatic rings. The normalized spacial score (nSPS) is 26.0. The smallest absolute Gasteiger partial charge is 0.211 e. The van der Waals surface area contributed by atoms with Crippen molar-refractivity contribution in [2.45, 2.75) is 26.8 Å². The minimum atomic E-state index is -3.30. The second kappa shape index (κ2) is 7.49. The highest BCUT2D eigenvalue weighted by atomic mass is 32.2. The first-order valence-electron chi connectivity index (χ1n) is 10.1. The number of rotatable bonds is 5. The maximum absolute atomic E-state index is 14.2. The van der Waals surface area contributed by atoms with Gasteiger partial charge < -0.3 is 0 Å². The van der Waals surface area contributed by atoms with Crippen LogP contribution in [-0.4, -0.2) is 66.9 Å². The van der Waals surface area contributed by atoms with Gasteiger partial charge in [-0.3, -0.25) is 14.4 Å². The number of likely N-dealkylation sites (tertiary alicyclic amines) is 1. The van der Waals surface area contributed by atoms with Gasteiger partial charge in [0.05, 0.1) is 24.8 Å². The van der Waals surface area contributed by atoms with Crippen LogP contribution in [0.3, 0.4) is 0 Å². The minimum absolute atomic E-state index is 0.183. The third kappa shape index (κ3) is 3.85. The molecule has 2 fully saturated rings. The van der Waals surface area contributed by atoms with Gasteiger partial charge >= 0.3 is 0 Å². The number of H-pyrrole nitrogens is 1. The third-order valence-electron chi connectivity index (χ3n) is 6.74. The van der Waals surface area contributed by atoms with Gasteiger partial charge in [0.2, 0.25) is 10.0 Å². The van der Waals surface area contributed by atoms with E-state index in [1.807, 2.05) is 6.20 Å². The lowest BCUT2D eigenvalue weighted by Gasteiger charge is -2.41. The number of hydrogen-bond donors (Lipinski definition) is 1. The summed E-state index contributed by atoms with van der Waals surface area (Å²) in [5.41, 5.74) is 5.05. The Morgan fingerprint density at radius 1 is 1.28 bits per heavy atom. The largest absolute Gasteiger partial charge is 0.298 e. The monoisotopic (exact) mass is 420 g/mol. The van der Waals surface area contributed by atoms with E-state index < -0.39 is 22.1 Å². The molecule has 0 spiro atoms.